The SMILES string of the molecule is C[C@H](NC(=O)c1coc(C2CCCC2)n1)c1ccc(S(C)(=O)=O)cc1. The highest BCUT2D eigenvalue weighted by atomic mass is 32.2. The van der Waals surface area contributed by atoms with Gasteiger partial charge in [0.15, 0.2) is 21.4 Å². The number of nitrogens with zero attached hydrogens (tertiary/aromatic N) is 1. The van der Waals surface area contributed by atoms with Crippen molar-refractivity contribution in [2.75, 3.05) is 6.26 Å². The third-order valence-corrected chi connectivity index (χ3v) is 5.74. The number of carbonyl (C=O) groups excluding carboxylic acids is 1. The molecule has 1 amide bonds. The maximum atomic E-state index is 12.4. The number of hydrogen-bond acceptors (Lipinski definition) is 5. The fourth-order valence-electron chi connectivity index (χ4n) is 3.11. The molecule has 6 nitrogen and oxygen atoms in total. The summed E-state index contributed by atoms with van der Waals surface area (Å²) < 4.78 is 28.5. The van der Waals surface area contributed by atoms with Gasteiger partial charge in [0.05, 0.1) is 10.9 Å². The van der Waals surface area contributed by atoms with Crippen LogP contribution in [0.25, 0.3) is 0 Å². The zero-order valence-electron chi connectivity index (χ0n) is 14.4. The summed E-state index contributed by atoms with van der Waals surface area (Å²) in [7, 11) is -3.23. The van der Waals surface area contributed by atoms with Crippen LogP contribution in [-0.2, 0) is 9.84 Å². The van der Waals surface area contributed by atoms with Crippen LogP contribution in [0.3, 0.4) is 0 Å². The Morgan fingerprint density at radius 3 is 2.48 bits per heavy atom. The first-order valence-corrected chi connectivity index (χ1v) is 10.3. The van der Waals surface area contributed by atoms with E-state index in [1.807, 2.05) is 6.92 Å². The van der Waals surface area contributed by atoms with Gasteiger partial charge in [-0.3, -0.25) is 4.79 Å². The van der Waals surface area contributed by atoms with Crippen molar-refractivity contribution in [3.05, 3.63) is 47.7 Å². The number of aromatic nitrogens is 1. The van der Waals surface area contributed by atoms with Crippen molar-refractivity contribution in [2.24, 2.45) is 0 Å². The summed E-state index contributed by atoms with van der Waals surface area (Å²) >= 11 is 0. The van der Waals surface area contributed by atoms with Crippen LogP contribution in [0.4, 0.5) is 0 Å². The van der Waals surface area contributed by atoms with E-state index in [0.717, 1.165) is 18.4 Å². The van der Waals surface area contributed by atoms with Crippen LogP contribution in [0, 0.1) is 0 Å². The Hall–Kier alpha value is -2.15. The van der Waals surface area contributed by atoms with Gasteiger partial charge in [0.25, 0.3) is 5.91 Å². The van der Waals surface area contributed by atoms with Gasteiger partial charge < -0.3 is 9.73 Å². The topological polar surface area (TPSA) is 89.3 Å². The number of benzene rings is 1. The molecule has 0 bridgehead atoms. The van der Waals surface area contributed by atoms with Gasteiger partial charge in [-0.1, -0.05) is 25.0 Å². The summed E-state index contributed by atoms with van der Waals surface area (Å²) in [4.78, 5) is 16.9. The molecule has 25 heavy (non-hydrogen) atoms. The van der Waals surface area contributed by atoms with Crippen LogP contribution in [0.5, 0.6) is 0 Å². The quantitative estimate of drug-likeness (QED) is 0.882. The van der Waals surface area contributed by atoms with Crippen molar-refractivity contribution in [2.45, 2.75) is 49.5 Å². The van der Waals surface area contributed by atoms with Gasteiger partial charge in [-0.2, -0.15) is 0 Å². The molecule has 1 aliphatic rings. The molecule has 2 aromatic rings. The van der Waals surface area contributed by atoms with E-state index in [1.54, 1.807) is 24.3 Å². The number of nitrogens with one attached hydrogen (secondary N) is 1. The fraction of sp³-hybridized carbons (Fsp3) is 0.444. The minimum absolute atomic E-state index is 0.257. The maximum Gasteiger partial charge on any atom is 0.273 e. The van der Waals surface area contributed by atoms with E-state index in [0.29, 0.717) is 11.8 Å². The van der Waals surface area contributed by atoms with E-state index < -0.39 is 9.84 Å². The van der Waals surface area contributed by atoms with Gasteiger partial charge in [0, 0.05) is 12.2 Å². The number of amides is 1. The Kier molecular flexibility index (Phi) is 4.94. The zero-order valence-corrected chi connectivity index (χ0v) is 15.2. The minimum Gasteiger partial charge on any atom is -0.448 e. The standard InChI is InChI=1S/C18H22N2O4S/c1-12(13-7-9-15(10-8-13)25(2,22)23)19-17(21)16-11-24-18(20-16)14-5-3-4-6-14/h7-12,14H,3-6H2,1-2H3,(H,19,21)/t12-/m0/s1. The van der Waals surface area contributed by atoms with E-state index in [2.05, 4.69) is 10.3 Å². The van der Waals surface area contributed by atoms with E-state index in [9.17, 15) is 13.2 Å². The van der Waals surface area contributed by atoms with Crippen molar-refractivity contribution in [3.8, 4) is 0 Å². The molecule has 1 aliphatic carbocycles. The first-order valence-electron chi connectivity index (χ1n) is 8.41. The second-order valence-corrected chi connectivity index (χ2v) is 8.60. The van der Waals surface area contributed by atoms with Crippen LogP contribution in [-0.4, -0.2) is 25.6 Å². The third kappa shape index (κ3) is 4.10. The van der Waals surface area contributed by atoms with Gasteiger partial charge in [-0.05, 0) is 37.5 Å². The predicted molar refractivity (Wildman–Crippen MR) is 93.1 cm³/mol. The van der Waals surface area contributed by atoms with Crippen molar-refractivity contribution in [3.63, 3.8) is 0 Å². The molecule has 7 heteroatoms. The van der Waals surface area contributed by atoms with E-state index in [-0.39, 0.29) is 22.5 Å². The van der Waals surface area contributed by atoms with E-state index >= 15 is 0 Å². The number of hydrogen-bond donors (Lipinski definition) is 1. The molecule has 0 saturated heterocycles. The highest BCUT2D eigenvalue weighted by molar-refractivity contribution is 7.90. The highest BCUT2D eigenvalue weighted by Gasteiger charge is 2.24. The number of carbonyl (C=O) groups is 1. The van der Waals surface area contributed by atoms with Gasteiger partial charge in [0.2, 0.25) is 0 Å². The van der Waals surface area contributed by atoms with E-state index in [1.165, 1.54) is 25.4 Å². The minimum atomic E-state index is -3.23. The lowest BCUT2D eigenvalue weighted by Crippen LogP contribution is -2.27. The molecule has 0 unspecified atom stereocenters. The largest absolute Gasteiger partial charge is 0.448 e. The van der Waals surface area contributed by atoms with Crippen LogP contribution in [0.15, 0.2) is 39.8 Å². The van der Waals surface area contributed by atoms with Gasteiger partial charge in [-0.25, -0.2) is 13.4 Å². The molecule has 1 atom stereocenters. The Morgan fingerprint density at radius 1 is 1.24 bits per heavy atom. The van der Waals surface area contributed by atoms with Crippen molar-refractivity contribution >= 4 is 15.7 Å². The molecule has 1 fully saturated rings. The summed E-state index contributed by atoms with van der Waals surface area (Å²) in [5.41, 5.74) is 1.10. The molecular weight excluding hydrogens is 340 g/mol. The summed E-state index contributed by atoms with van der Waals surface area (Å²) in [5.74, 6) is 0.669. The lowest BCUT2D eigenvalue weighted by atomic mass is 10.1. The second-order valence-electron chi connectivity index (χ2n) is 6.59. The average molecular weight is 362 g/mol. The second kappa shape index (κ2) is 7.00. The van der Waals surface area contributed by atoms with Crippen LogP contribution in [0.1, 0.15) is 66.5 Å². The molecule has 1 aromatic carbocycles. The van der Waals surface area contributed by atoms with Crippen LogP contribution in [0.2, 0.25) is 0 Å². The summed E-state index contributed by atoms with van der Waals surface area (Å²) in [6.45, 7) is 1.84. The summed E-state index contributed by atoms with van der Waals surface area (Å²) in [6.07, 6.45) is 7.04. The van der Waals surface area contributed by atoms with Gasteiger partial charge >= 0.3 is 0 Å². The Morgan fingerprint density at radius 2 is 1.88 bits per heavy atom. The van der Waals surface area contributed by atoms with Gasteiger partial charge in [0.1, 0.15) is 6.26 Å². The lowest BCUT2D eigenvalue weighted by Gasteiger charge is -2.13. The molecule has 0 radical (unpaired) electrons. The van der Waals surface area contributed by atoms with Crippen LogP contribution < -0.4 is 5.32 Å². The average Bonchev–Trinajstić information content (AvgIpc) is 3.25. The molecule has 3 rings (SSSR count). The van der Waals surface area contributed by atoms with Gasteiger partial charge in [-0.15, -0.1) is 0 Å². The molecule has 134 valence electrons. The Labute approximate surface area is 147 Å². The molecule has 0 aliphatic heterocycles. The molecule has 1 aromatic heterocycles. The zero-order chi connectivity index (χ0) is 18.0. The molecule has 0 spiro atoms. The molecule has 1 saturated carbocycles. The summed E-state index contributed by atoms with van der Waals surface area (Å²) in [5, 5.41) is 2.86. The summed E-state index contributed by atoms with van der Waals surface area (Å²) in [6, 6.07) is 6.22. The number of rotatable bonds is 5. The first-order chi connectivity index (χ1) is 11.8. The molecule has 1 N–H and O–H groups in total. The molecule has 1 heterocycles. The Balaban J connectivity index is 1.66. The Bertz CT molecular complexity index is 849. The normalized spacial score (nSPS) is 16.7. The lowest BCUT2D eigenvalue weighted by molar-refractivity contribution is 0.0934. The third-order valence-electron chi connectivity index (χ3n) is 4.61. The van der Waals surface area contributed by atoms with Crippen molar-refractivity contribution < 1.29 is 17.6 Å². The first kappa shape index (κ1) is 17.7. The fourth-order valence-corrected chi connectivity index (χ4v) is 3.74. The van der Waals surface area contributed by atoms with Crippen molar-refractivity contribution in [1.29, 1.82) is 0 Å². The number of sulfone groups is 1. The van der Waals surface area contributed by atoms with E-state index in [4.69, 9.17) is 4.42 Å². The smallest absolute Gasteiger partial charge is 0.273 e. The monoisotopic (exact) mass is 362 g/mol. The van der Waals surface area contributed by atoms with Crippen LogP contribution >= 0.6 is 0 Å². The molecular formula is C18H22N2O4S. The predicted octanol–water partition coefficient (Wildman–Crippen LogP) is 3.23. The highest BCUT2D eigenvalue weighted by Crippen LogP contribution is 2.33. The van der Waals surface area contributed by atoms with Crippen molar-refractivity contribution in [1.82, 2.24) is 10.3 Å². The maximum absolute atomic E-state index is 12.4. The number of oxazole rings is 1.